The molecular weight excluding hydrogens is 458 g/mol. The van der Waals surface area contributed by atoms with Crippen molar-refractivity contribution in [1.29, 1.82) is 0 Å². The summed E-state index contributed by atoms with van der Waals surface area (Å²) in [4.78, 5) is 37.7. The number of carboxylic acids is 1. The van der Waals surface area contributed by atoms with Crippen LogP contribution < -0.4 is 5.32 Å². The van der Waals surface area contributed by atoms with Gasteiger partial charge in [0, 0.05) is 19.0 Å². The number of carboxylic acid groups (broad SMARTS) is 1. The van der Waals surface area contributed by atoms with Gasteiger partial charge >= 0.3 is 12.1 Å². The number of nitrogens with zero attached hydrogens (tertiary/aromatic N) is 1. The van der Waals surface area contributed by atoms with Gasteiger partial charge in [-0.1, -0.05) is 55.0 Å². The van der Waals surface area contributed by atoms with Gasteiger partial charge in [-0.15, -0.1) is 0 Å². The average molecular weight is 484 g/mol. The second kappa shape index (κ2) is 8.62. The van der Waals surface area contributed by atoms with Crippen LogP contribution in [-0.4, -0.2) is 60.1 Å². The fraction of sp³-hybridized carbons (Fsp3) is 0.423. The third kappa shape index (κ3) is 4.02. The number of alkyl carbamates (subject to hydrolysis) is 1. The van der Waals surface area contributed by atoms with Crippen molar-refractivity contribution in [1.82, 2.24) is 10.2 Å². The van der Waals surface area contributed by atoms with Gasteiger partial charge in [-0.3, -0.25) is 9.59 Å². The molecule has 0 aromatic heterocycles. The molecule has 2 fully saturated rings. The second-order valence-electron chi connectivity index (χ2n) is 9.65. The maximum absolute atomic E-state index is 14.1. The average Bonchev–Trinajstić information content (AvgIpc) is 3.31. The Morgan fingerprint density at radius 1 is 1.03 bits per heavy atom. The summed E-state index contributed by atoms with van der Waals surface area (Å²) in [5.41, 5.74) is 3.37. The van der Waals surface area contributed by atoms with E-state index in [2.05, 4.69) is 5.32 Å². The minimum atomic E-state index is -3.48. The second-order valence-corrected chi connectivity index (χ2v) is 9.65. The summed E-state index contributed by atoms with van der Waals surface area (Å²) >= 11 is 0. The fourth-order valence-electron chi connectivity index (χ4n) is 5.49. The van der Waals surface area contributed by atoms with Crippen LogP contribution in [0, 0.1) is 11.3 Å². The molecule has 184 valence electrons. The van der Waals surface area contributed by atoms with Gasteiger partial charge in [-0.2, -0.15) is 0 Å². The minimum absolute atomic E-state index is 0.0394. The highest BCUT2D eigenvalue weighted by molar-refractivity contribution is 5.86. The number of hydrogen-bond donors (Lipinski definition) is 2. The summed E-state index contributed by atoms with van der Waals surface area (Å²) in [5, 5.41) is 11.7. The Bertz CT molecular complexity index is 1130. The first-order valence-electron chi connectivity index (χ1n) is 11.7. The monoisotopic (exact) mass is 484 g/mol. The van der Waals surface area contributed by atoms with Gasteiger partial charge < -0.3 is 20.1 Å². The van der Waals surface area contributed by atoms with Crippen molar-refractivity contribution >= 4 is 18.0 Å². The highest BCUT2D eigenvalue weighted by atomic mass is 19.3. The maximum atomic E-state index is 14.1. The minimum Gasteiger partial charge on any atom is -0.481 e. The van der Waals surface area contributed by atoms with E-state index in [0.29, 0.717) is 12.8 Å². The third-order valence-electron chi connectivity index (χ3n) is 7.58. The van der Waals surface area contributed by atoms with Crippen molar-refractivity contribution < 1.29 is 33.0 Å². The quantitative estimate of drug-likeness (QED) is 0.649. The molecular formula is C26H26F2N2O5. The van der Waals surface area contributed by atoms with Crippen molar-refractivity contribution in [3.05, 3.63) is 59.7 Å². The Morgan fingerprint density at radius 3 is 2.14 bits per heavy atom. The van der Waals surface area contributed by atoms with E-state index in [1.54, 1.807) is 0 Å². The van der Waals surface area contributed by atoms with Gasteiger partial charge in [0.25, 0.3) is 5.92 Å². The number of likely N-dealkylation sites (tertiary alicyclic amines) is 1. The van der Waals surface area contributed by atoms with E-state index in [1.165, 1.54) is 0 Å². The summed E-state index contributed by atoms with van der Waals surface area (Å²) in [5.74, 6) is -7.66. The Kier molecular flexibility index (Phi) is 5.73. The van der Waals surface area contributed by atoms with Crippen LogP contribution in [0.1, 0.15) is 36.3 Å². The number of hydrogen-bond acceptors (Lipinski definition) is 4. The molecule has 9 heteroatoms. The van der Waals surface area contributed by atoms with Gasteiger partial charge in [0.15, 0.2) is 0 Å². The number of nitrogens with one attached hydrogen (secondary N) is 1. The number of aliphatic carboxylic acids is 1. The van der Waals surface area contributed by atoms with E-state index >= 15 is 0 Å². The lowest BCUT2D eigenvalue weighted by Crippen LogP contribution is -2.53. The molecule has 1 unspecified atom stereocenters. The topological polar surface area (TPSA) is 95.9 Å². The summed E-state index contributed by atoms with van der Waals surface area (Å²) in [6, 6.07) is 15.9. The van der Waals surface area contributed by atoms with Crippen LogP contribution in [0.25, 0.3) is 11.1 Å². The van der Waals surface area contributed by atoms with E-state index in [9.17, 15) is 23.2 Å². The van der Waals surface area contributed by atoms with Gasteiger partial charge in [0.2, 0.25) is 5.91 Å². The number of halogens is 2. The molecule has 2 amide bonds. The molecule has 0 bridgehead atoms. The van der Waals surface area contributed by atoms with Gasteiger partial charge in [-0.05, 0) is 35.1 Å². The molecule has 2 aromatic rings. The van der Waals surface area contributed by atoms with Gasteiger partial charge in [0.05, 0.1) is 12.0 Å². The van der Waals surface area contributed by atoms with E-state index in [4.69, 9.17) is 9.84 Å². The molecule has 7 nitrogen and oxygen atoms in total. The lowest BCUT2D eigenvalue weighted by atomic mass is 9.67. The molecule has 1 saturated heterocycles. The van der Waals surface area contributed by atoms with E-state index in [0.717, 1.165) is 33.6 Å². The summed E-state index contributed by atoms with van der Waals surface area (Å²) in [7, 11) is 0. The highest BCUT2D eigenvalue weighted by Gasteiger charge is 2.57. The Labute approximate surface area is 201 Å². The van der Waals surface area contributed by atoms with Crippen LogP contribution in [0.15, 0.2) is 48.5 Å². The van der Waals surface area contributed by atoms with Gasteiger partial charge in [0.1, 0.15) is 12.5 Å². The van der Waals surface area contributed by atoms with Crippen molar-refractivity contribution in [2.75, 3.05) is 26.2 Å². The predicted octanol–water partition coefficient (Wildman–Crippen LogP) is 3.87. The number of rotatable bonds is 6. The fourth-order valence-corrected chi connectivity index (χ4v) is 5.49. The molecule has 0 spiro atoms. The number of fused-ring (bicyclic) bond motifs is 3. The molecule has 1 saturated carbocycles. The first-order chi connectivity index (χ1) is 16.7. The molecule has 3 aliphatic rings. The summed E-state index contributed by atoms with van der Waals surface area (Å²) in [6.07, 6.45) is 0.927. The van der Waals surface area contributed by atoms with E-state index in [1.807, 2.05) is 48.5 Å². The van der Waals surface area contributed by atoms with Crippen LogP contribution >= 0.6 is 0 Å². The third-order valence-corrected chi connectivity index (χ3v) is 7.58. The molecule has 1 heterocycles. The van der Waals surface area contributed by atoms with Crippen LogP contribution in [0.3, 0.4) is 0 Å². The molecule has 1 atom stereocenters. The SMILES string of the molecule is O=C(NCC1(C(=O)N2CC(C(=O)O)C(F)(F)C2)CCC1)OCC1c2ccccc2-c2ccccc21. The standard InChI is InChI=1S/C26H26F2N2O5/c27-26(28)15-30(12-21(26)22(31)32)23(33)25(10-5-11-25)14-29-24(34)35-13-20-18-8-3-1-6-16(18)17-7-2-4-9-19(17)20/h1-4,6-9,20-21H,5,10-15H2,(H,29,34)(H,31,32). The number of amides is 2. The van der Waals surface area contributed by atoms with Crippen LogP contribution in [0.2, 0.25) is 0 Å². The molecule has 2 aromatic carbocycles. The molecule has 0 radical (unpaired) electrons. The van der Waals surface area contributed by atoms with Crippen molar-refractivity contribution in [2.24, 2.45) is 11.3 Å². The smallest absolute Gasteiger partial charge is 0.407 e. The van der Waals surface area contributed by atoms with Crippen LogP contribution in [0.5, 0.6) is 0 Å². The number of benzene rings is 2. The largest absolute Gasteiger partial charge is 0.481 e. The summed E-state index contributed by atoms with van der Waals surface area (Å²) < 4.78 is 33.7. The number of ether oxygens (including phenoxy) is 1. The van der Waals surface area contributed by atoms with Crippen molar-refractivity contribution in [2.45, 2.75) is 31.1 Å². The van der Waals surface area contributed by atoms with E-state index in [-0.39, 0.29) is 19.1 Å². The van der Waals surface area contributed by atoms with Crippen molar-refractivity contribution in [3.63, 3.8) is 0 Å². The maximum Gasteiger partial charge on any atom is 0.407 e. The number of carbonyl (C=O) groups excluding carboxylic acids is 2. The number of alkyl halides is 2. The molecule has 5 rings (SSSR count). The predicted molar refractivity (Wildman–Crippen MR) is 122 cm³/mol. The molecule has 1 aliphatic heterocycles. The molecule has 2 N–H and O–H groups in total. The number of carbonyl (C=O) groups is 3. The van der Waals surface area contributed by atoms with Crippen molar-refractivity contribution in [3.8, 4) is 11.1 Å². The molecule has 2 aliphatic carbocycles. The Hall–Kier alpha value is -3.49. The Morgan fingerprint density at radius 2 is 1.63 bits per heavy atom. The van der Waals surface area contributed by atoms with Crippen LogP contribution in [0.4, 0.5) is 13.6 Å². The van der Waals surface area contributed by atoms with E-state index < -0.39 is 48.3 Å². The van der Waals surface area contributed by atoms with Crippen LogP contribution in [-0.2, 0) is 14.3 Å². The first-order valence-corrected chi connectivity index (χ1v) is 11.7. The summed E-state index contributed by atoms with van der Waals surface area (Å²) in [6.45, 7) is -1.37. The normalized spacial score (nSPS) is 21.5. The zero-order valence-electron chi connectivity index (χ0n) is 19.0. The highest BCUT2D eigenvalue weighted by Crippen LogP contribution is 2.46. The lowest BCUT2D eigenvalue weighted by molar-refractivity contribution is -0.151. The zero-order chi connectivity index (χ0) is 24.8. The van der Waals surface area contributed by atoms with Gasteiger partial charge in [-0.25, -0.2) is 13.6 Å². The first kappa shape index (κ1) is 23.3. The Balaban J connectivity index is 1.21. The molecule has 35 heavy (non-hydrogen) atoms. The lowest BCUT2D eigenvalue weighted by Gasteiger charge is -2.42. The zero-order valence-corrected chi connectivity index (χ0v) is 19.0.